The van der Waals surface area contributed by atoms with Gasteiger partial charge in [-0.15, -0.1) is 11.8 Å². The molecule has 0 amide bonds. The summed E-state index contributed by atoms with van der Waals surface area (Å²) in [5.41, 5.74) is 1.98. The Bertz CT molecular complexity index is 469. The molecule has 98 valence electrons. The van der Waals surface area contributed by atoms with Crippen LogP contribution >= 0.6 is 23.4 Å². The number of aryl methyl sites for hydroxylation is 2. The van der Waals surface area contributed by atoms with E-state index in [9.17, 15) is 5.26 Å². The van der Waals surface area contributed by atoms with Crippen molar-refractivity contribution in [2.75, 3.05) is 5.75 Å². The first-order valence-corrected chi connectivity index (χ1v) is 7.81. The van der Waals surface area contributed by atoms with Crippen molar-refractivity contribution in [1.29, 1.82) is 5.26 Å². The van der Waals surface area contributed by atoms with E-state index in [-0.39, 0.29) is 4.75 Å². The van der Waals surface area contributed by atoms with Gasteiger partial charge in [0.1, 0.15) is 4.75 Å². The second-order valence-corrected chi connectivity index (χ2v) is 6.47. The Morgan fingerprint density at radius 2 is 2.33 bits per heavy atom. The van der Waals surface area contributed by atoms with Gasteiger partial charge in [-0.1, -0.05) is 18.5 Å². The molecule has 0 radical (unpaired) electrons. The van der Waals surface area contributed by atoms with E-state index >= 15 is 0 Å². The van der Waals surface area contributed by atoms with Crippen molar-refractivity contribution < 1.29 is 0 Å². The van der Waals surface area contributed by atoms with Gasteiger partial charge in [0.15, 0.2) is 0 Å². The van der Waals surface area contributed by atoms with Gasteiger partial charge in [-0.25, -0.2) is 0 Å². The normalized spacial score (nSPS) is 23.2. The van der Waals surface area contributed by atoms with Gasteiger partial charge in [-0.2, -0.15) is 10.4 Å². The highest BCUT2D eigenvalue weighted by molar-refractivity contribution is 8.01. The van der Waals surface area contributed by atoms with Crippen LogP contribution in [0.25, 0.3) is 0 Å². The minimum Gasteiger partial charge on any atom is -0.268 e. The third-order valence-corrected chi connectivity index (χ3v) is 5.38. The number of nitrogens with zero attached hydrogens (tertiary/aromatic N) is 3. The molecule has 2 heterocycles. The molecule has 0 N–H and O–H groups in total. The van der Waals surface area contributed by atoms with E-state index in [0.29, 0.717) is 6.42 Å². The molecule has 1 unspecified atom stereocenters. The first-order valence-electron chi connectivity index (χ1n) is 6.45. The Balaban J connectivity index is 2.33. The lowest BCUT2D eigenvalue weighted by atomic mass is 9.98. The van der Waals surface area contributed by atoms with Crippen molar-refractivity contribution in [3.05, 3.63) is 16.4 Å². The van der Waals surface area contributed by atoms with Crippen LogP contribution in [-0.2, 0) is 19.4 Å². The number of aromatic nitrogens is 2. The molecule has 1 atom stereocenters. The molecular formula is C13H18ClN3S. The molecule has 0 spiro atoms. The van der Waals surface area contributed by atoms with Crippen LogP contribution in [0.15, 0.2) is 0 Å². The van der Waals surface area contributed by atoms with Crippen LogP contribution in [0.4, 0.5) is 0 Å². The second-order valence-electron chi connectivity index (χ2n) is 4.61. The van der Waals surface area contributed by atoms with Crippen molar-refractivity contribution in [3.8, 4) is 6.07 Å². The molecule has 1 aromatic heterocycles. The summed E-state index contributed by atoms with van der Waals surface area (Å²) in [7, 11) is 0. The van der Waals surface area contributed by atoms with E-state index < -0.39 is 0 Å². The Labute approximate surface area is 118 Å². The molecule has 18 heavy (non-hydrogen) atoms. The molecule has 0 aromatic carbocycles. The molecule has 1 fully saturated rings. The Hall–Kier alpha value is -0.660. The molecule has 1 aliphatic heterocycles. The summed E-state index contributed by atoms with van der Waals surface area (Å²) in [5.74, 6) is 1.08. The van der Waals surface area contributed by atoms with Crippen LogP contribution in [0.3, 0.4) is 0 Å². The van der Waals surface area contributed by atoms with E-state index in [2.05, 4.69) is 25.0 Å². The van der Waals surface area contributed by atoms with Gasteiger partial charge >= 0.3 is 0 Å². The van der Waals surface area contributed by atoms with Crippen molar-refractivity contribution in [3.63, 3.8) is 0 Å². The summed E-state index contributed by atoms with van der Waals surface area (Å²) in [6, 6.07) is 2.49. The zero-order valence-corrected chi connectivity index (χ0v) is 12.4. The van der Waals surface area contributed by atoms with Crippen LogP contribution in [0.1, 0.15) is 38.1 Å². The average Bonchev–Trinajstić information content (AvgIpc) is 2.97. The van der Waals surface area contributed by atoms with Crippen molar-refractivity contribution in [2.24, 2.45) is 0 Å². The quantitative estimate of drug-likeness (QED) is 0.850. The maximum atomic E-state index is 9.45. The van der Waals surface area contributed by atoms with E-state index in [1.165, 1.54) is 0 Å². The molecule has 1 aromatic rings. The van der Waals surface area contributed by atoms with Gasteiger partial charge in [-0.05, 0) is 31.9 Å². The Morgan fingerprint density at radius 1 is 1.56 bits per heavy atom. The summed E-state index contributed by atoms with van der Waals surface area (Å²) in [5, 5.41) is 14.7. The highest BCUT2D eigenvalue weighted by Crippen LogP contribution is 2.41. The SMILES string of the molecule is CCc1nn(CC)c(CC2(C#N)CCCS2)c1Cl. The standard InChI is InChI=1S/C13H18ClN3S/c1-3-10-12(14)11(17(4-2)16-10)8-13(9-15)6-5-7-18-13/h3-8H2,1-2H3. The number of thioether (sulfide) groups is 1. The molecule has 5 heteroatoms. The minimum atomic E-state index is -0.290. The van der Waals surface area contributed by atoms with Gasteiger partial charge < -0.3 is 0 Å². The highest BCUT2D eigenvalue weighted by atomic mass is 35.5. The lowest BCUT2D eigenvalue weighted by Crippen LogP contribution is -2.24. The fourth-order valence-corrected chi connectivity index (χ4v) is 4.03. The minimum absolute atomic E-state index is 0.290. The first kappa shape index (κ1) is 13.8. The largest absolute Gasteiger partial charge is 0.268 e. The number of hydrogen-bond acceptors (Lipinski definition) is 3. The lowest BCUT2D eigenvalue weighted by Gasteiger charge is -2.19. The molecule has 3 nitrogen and oxygen atoms in total. The number of hydrogen-bond donors (Lipinski definition) is 0. The van der Waals surface area contributed by atoms with E-state index in [1.807, 2.05) is 4.68 Å². The highest BCUT2D eigenvalue weighted by Gasteiger charge is 2.37. The summed E-state index contributed by atoms with van der Waals surface area (Å²) < 4.78 is 1.67. The van der Waals surface area contributed by atoms with Crippen LogP contribution in [0.5, 0.6) is 0 Å². The summed E-state index contributed by atoms with van der Waals surface area (Å²) >= 11 is 8.17. The smallest absolute Gasteiger partial charge is 0.108 e. The molecule has 1 aliphatic rings. The van der Waals surface area contributed by atoms with Crippen molar-refractivity contribution >= 4 is 23.4 Å². The first-order chi connectivity index (χ1) is 8.65. The Morgan fingerprint density at radius 3 is 2.83 bits per heavy atom. The molecule has 0 bridgehead atoms. The van der Waals surface area contributed by atoms with Crippen LogP contribution in [0, 0.1) is 11.3 Å². The van der Waals surface area contributed by atoms with E-state index in [1.54, 1.807) is 11.8 Å². The van der Waals surface area contributed by atoms with Gasteiger partial charge in [-0.3, -0.25) is 4.68 Å². The summed E-state index contributed by atoms with van der Waals surface area (Å²) in [4.78, 5) is 0. The maximum absolute atomic E-state index is 9.45. The Kier molecular flexibility index (Phi) is 4.24. The van der Waals surface area contributed by atoms with Gasteiger partial charge in [0.05, 0.1) is 22.5 Å². The second kappa shape index (κ2) is 5.54. The summed E-state index contributed by atoms with van der Waals surface area (Å²) in [6.45, 7) is 4.93. The van der Waals surface area contributed by atoms with Crippen LogP contribution in [-0.4, -0.2) is 20.3 Å². The van der Waals surface area contributed by atoms with E-state index in [0.717, 1.165) is 48.0 Å². The zero-order chi connectivity index (χ0) is 13.2. The zero-order valence-electron chi connectivity index (χ0n) is 10.9. The summed E-state index contributed by atoms with van der Waals surface area (Å²) in [6.07, 6.45) is 3.64. The molecule has 2 rings (SSSR count). The van der Waals surface area contributed by atoms with Gasteiger partial charge in [0.2, 0.25) is 0 Å². The molecule has 1 saturated heterocycles. The van der Waals surface area contributed by atoms with Crippen LogP contribution in [0.2, 0.25) is 5.02 Å². The third kappa shape index (κ3) is 2.39. The molecule has 0 saturated carbocycles. The molecular weight excluding hydrogens is 266 g/mol. The van der Waals surface area contributed by atoms with Crippen molar-refractivity contribution in [2.45, 2.75) is 50.8 Å². The predicted molar refractivity (Wildman–Crippen MR) is 76.0 cm³/mol. The lowest BCUT2D eigenvalue weighted by molar-refractivity contribution is 0.578. The maximum Gasteiger partial charge on any atom is 0.108 e. The predicted octanol–water partition coefficient (Wildman–Crippen LogP) is 3.45. The number of halogens is 1. The van der Waals surface area contributed by atoms with Gasteiger partial charge in [0, 0.05) is 13.0 Å². The van der Waals surface area contributed by atoms with Crippen LogP contribution < -0.4 is 0 Å². The third-order valence-electron chi connectivity index (χ3n) is 3.45. The number of nitriles is 1. The number of rotatable bonds is 4. The van der Waals surface area contributed by atoms with Gasteiger partial charge in [0.25, 0.3) is 0 Å². The average molecular weight is 284 g/mol. The van der Waals surface area contributed by atoms with E-state index in [4.69, 9.17) is 11.6 Å². The fourth-order valence-electron chi connectivity index (χ4n) is 2.42. The van der Waals surface area contributed by atoms with Crippen molar-refractivity contribution in [1.82, 2.24) is 9.78 Å². The monoisotopic (exact) mass is 283 g/mol. The fraction of sp³-hybridized carbons (Fsp3) is 0.692. The molecule has 0 aliphatic carbocycles. The topological polar surface area (TPSA) is 41.6 Å².